The lowest BCUT2D eigenvalue weighted by atomic mass is 10.1. The second-order valence-corrected chi connectivity index (χ2v) is 7.48. The SMILES string of the molecule is CCC(N)c1cccc(S(=O)(=O)NCC2CCCN2C)c1. The van der Waals surface area contributed by atoms with Gasteiger partial charge in [-0.2, -0.15) is 0 Å². The summed E-state index contributed by atoms with van der Waals surface area (Å²) in [5.41, 5.74) is 6.84. The zero-order valence-corrected chi connectivity index (χ0v) is 13.6. The monoisotopic (exact) mass is 311 g/mol. The molecule has 6 heteroatoms. The predicted octanol–water partition coefficient (Wildman–Crippen LogP) is 1.47. The molecule has 0 radical (unpaired) electrons. The average molecular weight is 311 g/mol. The van der Waals surface area contributed by atoms with Crippen LogP contribution in [0.1, 0.15) is 37.8 Å². The number of benzene rings is 1. The van der Waals surface area contributed by atoms with E-state index in [-0.39, 0.29) is 6.04 Å². The average Bonchev–Trinajstić information content (AvgIpc) is 2.90. The van der Waals surface area contributed by atoms with E-state index >= 15 is 0 Å². The Hall–Kier alpha value is -0.950. The highest BCUT2D eigenvalue weighted by Crippen LogP contribution is 2.19. The zero-order chi connectivity index (χ0) is 15.5. The van der Waals surface area contributed by atoms with Gasteiger partial charge in [0.2, 0.25) is 10.0 Å². The Bertz CT molecular complexity index is 574. The molecule has 0 aliphatic carbocycles. The minimum absolute atomic E-state index is 0.124. The lowest BCUT2D eigenvalue weighted by Crippen LogP contribution is -2.38. The minimum Gasteiger partial charge on any atom is -0.324 e. The van der Waals surface area contributed by atoms with E-state index < -0.39 is 10.0 Å². The first-order chi connectivity index (χ1) is 9.94. The molecular weight excluding hydrogens is 286 g/mol. The molecule has 1 heterocycles. The van der Waals surface area contributed by atoms with Crippen LogP contribution in [0.25, 0.3) is 0 Å². The summed E-state index contributed by atoms with van der Waals surface area (Å²) in [7, 11) is -1.43. The number of rotatable bonds is 6. The molecule has 0 aromatic heterocycles. The van der Waals surface area contributed by atoms with Gasteiger partial charge in [-0.1, -0.05) is 19.1 Å². The maximum absolute atomic E-state index is 12.4. The number of likely N-dealkylation sites (tertiary alicyclic amines) is 1. The fourth-order valence-corrected chi connectivity index (χ4v) is 3.80. The molecule has 21 heavy (non-hydrogen) atoms. The van der Waals surface area contributed by atoms with Gasteiger partial charge in [0.25, 0.3) is 0 Å². The number of likely N-dealkylation sites (N-methyl/N-ethyl adjacent to an activating group) is 1. The molecule has 0 saturated carbocycles. The van der Waals surface area contributed by atoms with Gasteiger partial charge in [-0.15, -0.1) is 0 Å². The Morgan fingerprint density at radius 3 is 2.86 bits per heavy atom. The molecule has 3 N–H and O–H groups in total. The van der Waals surface area contributed by atoms with E-state index in [0.717, 1.165) is 31.4 Å². The first-order valence-corrected chi connectivity index (χ1v) is 8.98. The van der Waals surface area contributed by atoms with Crippen molar-refractivity contribution in [3.05, 3.63) is 29.8 Å². The van der Waals surface area contributed by atoms with Gasteiger partial charge in [0, 0.05) is 18.6 Å². The van der Waals surface area contributed by atoms with Gasteiger partial charge in [-0.25, -0.2) is 13.1 Å². The smallest absolute Gasteiger partial charge is 0.240 e. The topological polar surface area (TPSA) is 75.4 Å². The van der Waals surface area contributed by atoms with Gasteiger partial charge in [0.1, 0.15) is 0 Å². The molecule has 2 rings (SSSR count). The van der Waals surface area contributed by atoms with E-state index in [0.29, 0.717) is 17.5 Å². The molecule has 2 unspecified atom stereocenters. The summed E-state index contributed by atoms with van der Waals surface area (Å²) in [5.74, 6) is 0. The summed E-state index contributed by atoms with van der Waals surface area (Å²) >= 11 is 0. The number of hydrogen-bond acceptors (Lipinski definition) is 4. The molecule has 1 aliphatic rings. The molecule has 1 fully saturated rings. The van der Waals surface area contributed by atoms with Crippen molar-refractivity contribution in [2.24, 2.45) is 5.73 Å². The standard InChI is InChI=1S/C15H25N3O2S/c1-3-15(16)12-6-4-8-14(10-12)21(19,20)17-11-13-7-5-9-18(13)2/h4,6,8,10,13,15,17H,3,5,7,9,11,16H2,1-2H3. The van der Waals surface area contributed by atoms with Crippen LogP contribution >= 0.6 is 0 Å². The molecule has 2 atom stereocenters. The second kappa shape index (κ2) is 6.87. The summed E-state index contributed by atoms with van der Waals surface area (Å²) in [6, 6.07) is 7.09. The van der Waals surface area contributed by atoms with Crippen molar-refractivity contribution in [2.45, 2.75) is 43.2 Å². The Morgan fingerprint density at radius 2 is 2.24 bits per heavy atom. The highest BCUT2D eigenvalue weighted by Gasteiger charge is 2.23. The molecule has 1 aliphatic heterocycles. The maximum Gasteiger partial charge on any atom is 0.240 e. The Balaban J connectivity index is 2.08. The number of nitrogens with zero attached hydrogens (tertiary/aromatic N) is 1. The van der Waals surface area contributed by atoms with Crippen molar-refractivity contribution in [3.8, 4) is 0 Å². The Labute approximate surface area is 127 Å². The molecule has 0 spiro atoms. The number of hydrogen-bond donors (Lipinski definition) is 2. The van der Waals surface area contributed by atoms with Crippen molar-refractivity contribution in [1.29, 1.82) is 0 Å². The highest BCUT2D eigenvalue weighted by atomic mass is 32.2. The van der Waals surface area contributed by atoms with E-state index in [4.69, 9.17) is 5.73 Å². The molecule has 0 bridgehead atoms. The van der Waals surface area contributed by atoms with E-state index in [9.17, 15) is 8.42 Å². The van der Waals surface area contributed by atoms with Gasteiger partial charge in [-0.05, 0) is 50.6 Å². The fourth-order valence-electron chi connectivity index (χ4n) is 2.67. The largest absolute Gasteiger partial charge is 0.324 e. The van der Waals surface area contributed by atoms with Crippen LogP contribution in [0.5, 0.6) is 0 Å². The van der Waals surface area contributed by atoms with Crippen molar-refractivity contribution in [2.75, 3.05) is 20.1 Å². The lowest BCUT2D eigenvalue weighted by Gasteiger charge is -2.20. The third-order valence-corrected chi connectivity index (χ3v) is 5.64. The van der Waals surface area contributed by atoms with Crippen molar-refractivity contribution < 1.29 is 8.42 Å². The number of sulfonamides is 1. The fraction of sp³-hybridized carbons (Fsp3) is 0.600. The third kappa shape index (κ3) is 4.03. The van der Waals surface area contributed by atoms with Crippen molar-refractivity contribution in [1.82, 2.24) is 9.62 Å². The predicted molar refractivity (Wildman–Crippen MR) is 84.5 cm³/mol. The van der Waals surface area contributed by atoms with Gasteiger partial charge < -0.3 is 10.6 Å². The van der Waals surface area contributed by atoms with E-state index in [2.05, 4.69) is 9.62 Å². The summed E-state index contributed by atoms with van der Waals surface area (Å²) < 4.78 is 27.5. The Morgan fingerprint density at radius 1 is 1.48 bits per heavy atom. The van der Waals surface area contributed by atoms with Crippen molar-refractivity contribution >= 4 is 10.0 Å². The molecular formula is C15H25N3O2S. The second-order valence-electron chi connectivity index (χ2n) is 5.72. The van der Waals surface area contributed by atoms with Crippen LogP contribution in [0, 0.1) is 0 Å². The van der Waals surface area contributed by atoms with Crippen LogP contribution in [-0.2, 0) is 10.0 Å². The molecule has 1 aromatic rings. The summed E-state index contributed by atoms with van der Waals surface area (Å²) in [6.45, 7) is 3.48. The van der Waals surface area contributed by atoms with E-state index in [1.54, 1.807) is 18.2 Å². The molecule has 0 amide bonds. The van der Waals surface area contributed by atoms with Crippen molar-refractivity contribution in [3.63, 3.8) is 0 Å². The quantitative estimate of drug-likeness (QED) is 0.834. The van der Waals surface area contributed by atoms with Crippen LogP contribution < -0.4 is 10.5 Å². The van der Waals surface area contributed by atoms with Crippen LogP contribution in [-0.4, -0.2) is 39.5 Å². The maximum atomic E-state index is 12.4. The zero-order valence-electron chi connectivity index (χ0n) is 12.7. The number of nitrogens with two attached hydrogens (primary N) is 1. The first kappa shape index (κ1) is 16.4. The molecule has 5 nitrogen and oxygen atoms in total. The summed E-state index contributed by atoms with van der Waals surface area (Å²) in [4.78, 5) is 2.50. The van der Waals surface area contributed by atoms with Gasteiger partial charge in [-0.3, -0.25) is 0 Å². The van der Waals surface area contributed by atoms with E-state index in [1.165, 1.54) is 0 Å². The molecule has 1 aromatic carbocycles. The Kier molecular flexibility index (Phi) is 5.37. The molecule has 118 valence electrons. The first-order valence-electron chi connectivity index (χ1n) is 7.49. The highest BCUT2D eigenvalue weighted by molar-refractivity contribution is 7.89. The normalized spacial score (nSPS) is 21.6. The van der Waals surface area contributed by atoms with Gasteiger partial charge in [0.05, 0.1) is 4.90 Å². The van der Waals surface area contributed by atoms with Crippen LogP contribution in [0.2, 0.25) is 0 Å². The lowest BCUT2D eigenvalue weighted by molar-refractivity contribution is 0.311. The van der Waals surface area contributed by atoms with Crippen LogP contribution in [0.3, 0.4) is 0 Å². The number of nitrogens with one attached hydrogen (secondary N) is 1. The summed E-state index contributed by atoms with van der Waals surface area (Å²) in [6.07, 6.45) is 2.95. The minimum atomic E-state index is -3.47. The third-order valence-electron chi connectivity index (χ3n) is 4.22. The molecule has 1 saturated heterocycles. The van der Waals surface area contributed by atoms with Crippen LogP contribution in [0.4, 0.5) is 0 Å². The van der Waals surface area contributed by atoms with E-state index in [1.807, 2.05) is 20.0 Å². The summed E-state index contributed by atoms with van der Waals surface area (Å²) in [5, 5.41) is 0. The van der Waals surface area contributed by atoms with Gasteiger partial charge >= 0.3 is 0 Å². The van der Waals surface area contributed by atoms with Crippen LogP contribution in [0.15, 0.2) is 29.2 Å². The van der Waals surface area contributed by atoms with Gasteiger partial charge in [0.15, 0.2) is 0 Å².